The number of rotatable bonds is 7. The number of aromatic nitrogens is 2. The molecule has 1 aliphatic heterocycles. The van der Waals surface area contributed by atoms with Crippen LogP contribution in [0.3, 0.4) is 0 Å². The van der Waals surface area contributed by atoms with Gasteiger partial charge in [-0.2, -0.15) is 4.98 Å². The maximum absolute atomic E-state index is 12.2. The molecule has 2 aromatic rings. The molecule has 0 spiro atoms. The van der Waals surface area contributed by atoms with E-state index in [0.29, 0.717) is 29.9 Å². The van der Waals surface area contributed by atoms with E-state index in [9.17, 15) is 14.4 Å². The van der Waals surface area contributed by atoms with Crippen molar-refractivity contribution in [2.24, 2.45) is 0 Å². The summed E-state index contributed by atoms with van der Waals surface area (Å²) in [7, 11) is 0. The van der Waals surface area contributed by atoms with Gasteiger partial charge in [-0.25, -0.2) is 10.3 Å². The number of carbonyl (C=O) groups is 2. The quantitative estimate of drug-likeness (QED) is 0.460. The number of hydrogen-bond donors (Lipinski definition) is 1. The molecule has 0 saturated carbocycles. The van der Waals surface area contributed by atoms with E-state index in [4.69, 9.17) is 4.84 Å². The Morgan fingerprint density at radius 1 is 1.12 bits per heavy atom. The number of nitrogens with zero attached hydrogens (tertiary/aromatic N) is 3. The largest absolute Gasteiger partial charge is 0.349 e. The van der Waals surface area contributed by atoms with Crippen LogP contribution in [-0.2, 0) is 11.4 Å². The summed E-state index contributed by atoms with van der Waals surface area (Å²) in [5.41, 5.74) is 3.97. The van der Waals surface area contributed by atoms with Crippen molar-refractivity contribution < 1.29 is 14.4 Å². The predicted molar refractivity (Wildman–Crippen MR) is 94.9 cm³/mol. The molecular weight excluding hydrogens is 336 g/mol. The van der Waals surface area contributed by atoms with Crippen molar-refractivity contribution in [2.45, 2.75) is 26.8 Å². The Hall–Kier alpha value is -3.00. The average Bonchev–Trinajstić information content (AvgIpc) is 2.88. The van der Waals surface area contributed by atoms with E-state index in [-0.39, 0.29) is 30.7 Å². The van der Waals surface area contributed by atoms with Crippen LogP contribution in [0.5, 0.6) is 0 Å². The summed E-state index contributed by atoms with van der Waals surface area (Å²) in [5.74, 6) is -0.195. The topological polar surface area (TPSA) is 93.5 Å². The predicted octanol–water partition coefficient (Wildman–Crippen LogP) is 1.60. The molecule has 3 rings (SSSR count). The molecule has 2 heterocycles. The van der Waals surface area contributed by atoms with E-state index in [1.165, 1.54) is 9.47 Å². The Morgan fingerprint density at radius 2 is 1.77 bits per heavy atom. The van der Waals surface area contributed by atoms with E-state index >= 15 is 0 Å². The number of benzene rings is 1. The van der Waals surface area contributed by atoms with Crippen molar-refractivity contribution in [1.82, 2.24) is 14.5 Å². The normalized spacial score (nSPS) is 13.2. The van der Waals surface area contributed by atoms with Gasteiger partial charge in [-0.15, -0.1) is 0 Å². The molecule has 0 aliphatic carbocycles. The zero-order valence-corrected chi connectivity index (χ0v) is 14.7. The number of nitrogens with one attached hydrogen (secondary N) is 1. The van der Waals surface area contributed by atoms with Crippen LogP contribution in [0.25, 0.3) is 0 Å². The summed E-state index contributed by atoms with van der Waals surface area (Å²) in [4.78, 5) is 46.7. The van der Waals surface area contributed by atoms with Crippen LogP contribution in [0.1, 0.15) is 39.6 Å². The second-order valence-electron chi connectivity index (χ2n) is 5.95. The monoisotopic (exact) mass is 356 g/mol. The Balaban J connectivity index is 1.50. The highest BCUT2D eigenvalue weighted by molar-refractivity contribution is 6.21. The van der Waals surface area contributed by atoms with Crippen molar-refractivity contribution in [1.29, 1.82) is 0 Å². The van der Waals surface area contributed by atoms with Crippen molar-refractivity contribution >= 4 is 17.6 Å². The van der Waals surface area contributed by atoms with Gasteiger partial charge in [0, 0.05) is 24.8 Å². The number of aryl methyl sites for hydroxylation is 2. The average molecular weight is 356 g/mol. The van der Waals surface area contributed by atoms with Gasteiger partial charge in [0.15, 0.2) is 5.82 Å². The lowest BCUT2D eigenvalue weighted by molar-refractivity contribution is 0.0638. The van der Waals surface area contributed by atoms with Crippen LogP contribution < -0.4 is 11.2 Å². The highest BCUT2D eigenvalue weighted by atomic mass is 16.6. The number of amides is 2. The van der Waals surface area contributed by atoms with Gasteiger partial charge in [0.05, 0.1) is 17.7 Å². The molecule has 0 bridgehead atoms. The van der Waals surface area contributed by atoms with E-state index in [1.807, 2.05) is 13.8 Å². The van der Waals surface area contributed by atoms with Crippen molar-refractivity contribution in [3.8, 4) is 0 Å². The van der Waals surface area contributed by atoms with E-state index in [2.05, 4.69) is 10.5 Å². The molecule has 1 aromatic carbocycles. The lowest BCUT2D eigenvalue weighted by Crippen LogP contribution is -2.31. The smallest absolute Gasteiger partial charge is 0.299 e. The fourth-order valence-corrected chi connectivity index (χ4v) is 2.78. The molecule has 1 N–H and O–H groups in total. The first-order chi connectivity index (χ1) is 12.5. The highest BCUT2D eigenvalue weighted by Crippen LogP contribution is 2.22. The van der Waals surface area contributed by atoms with Crippen molar-refractivity contribution in [3.05, 3.63) is 57.6 Å². The molecule has 26 heavy (non-hydrogen) atoms. The van der Waals surface area contributed by atoms with E-state index < -0.39 is 0 Å². The van der Waals surface area contributed by atoms with Crippen LogP contribution in [0.4, 0.5) is 5.82 Å². The molecule has 136 valence electrons. The maximum atomic E-state index is 12.2. The fraction of sp³-hybridized carbons (Fsp3) is 0.333. The Kier molecular flexibility index (Phi) is 5.13. The number of carbonyl (C=O) groups excluding carboxylic acids is 2. The molecule has 0 unspecified atom stereocenters. The zero-order valence-electron chi connectivity index (χ0n) is 14.7. The summed E-state index contributed by atoms with van der Waals surface area (Å²) < 4.78 is 1.50. The van der Waals surface area contributed by atoms with Crippen LogP contribution >= 0.6 is 0 Å². The molecular formula is C18H20N4O4. The van der Waals surface area contributed by atoms with Gasteiger partial charge in [-0.1, -0.05) is 12.1 Å². The minimum Gasteiger partial charge on any atom is -0.299 e. The third-order valence-electron chi connectivity index (χ3n) is 4.19. The molecule has 1 aliphatic rings. The van der Waals surface area contributed by atoms with Crippen LogP contribution in [0.2, 0.25) is 0 Å². The molecule has 0 radical (unpaired) electrons. The molecule has 2 amide bonds. The zero-order chi connectivity index (χ0) is 18.7. The summed E-state index contributed by atoms with van der Waals surface area (Å²) in [5, 5.41) is 0. The van der Waals surface area contributed by atoms with Gasteiger partial charge in [-0.05, 0) is 32.4 Å². The summed E-state index contributed by atoms with van der Waals surface area (Å²) in [6.45, 7) is 4.76. The number of fused-ring (bicyclic) bond motifs is 1. The Morgan fingerprint density at radius 3 is 2.38 bits per heavy atom. The molecule has 8 heteroatoms. The molecule has 0 atom stereocenters. The first-order valence-corrected chi connectivity index (χ1v) is 8.44. The fourth-order valence-electron chi connectivity index (χ4n) is 2.78. The molecule has 0 saturated heterocycles. The number of imide groups is 1. The maximum Gasteiger partial charge on any atom is 0.349 e. The van der Waals surface area contributed by atoms with Crippen LogP contribution in [-0.4, -0.2) is 39.4 Å². The van der Waals surface area contributed by atoms with Crippen LogP contribution in [0, 0.1) is 6.92 Å². The minimum absolute atomic E-state index is 0.255. The minimum atomic E-state index is -0.352. The van der Waals surface area contributed by atoms with Gasteiger partial charge in [0.2, 0.25) is 0 Å². The summed E-state index contributed by atoms with van der Waals surface area (Å²) in [6, 6.07) is 6.78. The molecule has 0 fully saturated rings. The van der Waals surface area contributed by atoms with Gasteiger partial charge in [0.25, 0.3) is 11.8 Å². The van der Waals surface area contributed by atoms with Gasteiger partial charge in [-0.3, -0.25) is 23.9 Å². The van der Waals surface area contributed by atoms with Crippen LogP contribution in [0.15, 0.2) is 35.3 Å². The first-order valence-electron chi connectivity index (χ1n) is 8.44. The third-order valence-corrected chi connectivity index (χ3v) is 4.19. The second kappa shape index (κ2) is 7.49. The lowest BCUT2D eigenvalue weighted by Gasteiger charge is -2.14. The van der Waals surface area contributed by atoms with Crippen molar-refractivity contribution in [2.75, 3.05) is 18.6 Å². The molecule has 8 nitrogen and oxygen atoms in total. The van der Waals surface area contributed by atoms with Gasteiger partial charge >= 0.3 is 5.69 Å². The SMILES string of the molecule is CCn1cc(C)c(NOCCCN2C(=O)c3ccccc3C2=O)nc1=O. The van der Waals surface area contributed by atoms with E-state index in [1.54, 1.807) is 30.5 Å². The standard InChI is InChI=1S/C18H20N4O4/c1-3-21-11-12(2)15(19-18(21)25)20-26-10-6-9-22-16(23)13-7-4-5-8-14(13)17(22)24/h4-5,7-8,11H,3,6,9-10H2,1-2H3,(H,19,20,25). The molecule has 1 aromatic heterocycles. The van der Waals surface area contributed by atoms with Crippen molar-refractivity contribution in [3.63, 3.8) is 0 Å². The van der Waals surface area contributed by atoms with Gasteiger partial charge < -0.3 is 0 Å². The third kappa shape index (κ3) is 3.36. The highest BCUT2D eigenvalue weighted by Gasteiger charge is 2.34. The Bertz CT molecular complexity index is 871. The summed E-state index contributed by atoms with van der Waals surface area (Å²) >= 11 is 0. The lowest BCUT2D eigenvalue weighted by atomic mass is 10.1. The summed E-state index contributed by atoms with van der Waals surface area (Å²) in [6.07, 6.45) is 2.17. The Labute approximate surface area is 150 Å². The second-order valence-corrected chi connectivity index (χ2v) is 5.95. The number of hydrogen-bond acceptors (Lipinski definition) is 6. The number of anilines is 1. The van der Waals surface area contributed by atoms with Gasteiger partial charge in [0.1, 0.15) is 0 Å². The van der Waals surface area contributed by atoms with E-state index in [0.717, 1.165) is 5.56 Å². The first kappa shape index (κ1) is 17.8.